The van der Waals surface area contributed by atoms with Crippen LogP contribution in [0.25, 0.3) is 10.2 Å². The van der Waals surface area contributed by atoms with Gasteiger partial charge in [0, 0.05) is 10.5 Å². The summed E-state index contributed by atoms with van der Waals surface area (Å²) in [7, 11) is 0. The zero-order valence-electron chi connectivity index (χ0n) is 10.1. The second-order valence-corrected chi connectivity index (χ2v) is 5.87. The molecule has 3 aromatic rings. The molecule has 0 radical (unpaired) electrons. The Morgan fingerprint density at radius 3 is 2.95 bits per heavy atom. The Balaban J connectivity index is 1.82. The van der Waals surface area contributed by atoms with Crippen molar-refractivity contribution >= 4 is 43.3 Å². The van der Waals surface area contributed by atoms with E-state index >= 15 is 0 Å². The quantitative estimate of drug-likeness (QED) is 0.778. The molecule has 0 unspecified atom stereocenters. The van der Waals surface area contributed by atoms with Crippen LogP contribution in [0.2, 0.25) is 0 Å². The number of rotatable bonds is 3. The topological polar surface area (TPSA) is 61.0 Å². The van der Waals surface area contributed by atoms with Gasteiger partial charge in [0.05, 0.1) is 5.39 Å². The summed E-state index contributed by atoms with van der Waals surface area (Å²) in [4.78, 5) is 9.35. The molecule has 0 atom stereocenters. The second kappa shape index (κ2) is 5.34. The van der Waals surface area contributed by atoms with Gasteiger partial charge in [0.15, 0.2) is 5.82 Å². The summed E-state index contributed by atoms with van der Waals surface area (Å²) in [6, 6.07) is 6.22. The van der Waals surface area contributed by atoms with Crippen molar-refractivity contribution in [3.63, 3.8) is 0 Å². The van der Waals surface area contributed by atoms with Crippen molar-refractivity contribution in [3.05, 3.63) is 45.8 Å². The molecule has 2 aromatic heterocycles. The maximum atomic E-state index is 13.2. The minimum absolute atomic E-state index is 0.133. The molecule has 2 N–H and O–H groups in total. The molecule has 0 spiro atoms. The van der Waals surface area contributed by atoms with Gasteiger partial charge in [0.25, 0.3) is 0 Å². The Kier molecular flexibility index (Phi) is 3.54. The molecule has 4 nitrogen and oxygen atoms in total. The van der Waals surface area contributed by atoms with Crippen molar-refractivity contribution in [2.24, 2.45) is 0 Å². The Hall–Kier alpha value is -1.73. The molecule has 0 aliphatic heterocycles. The molecule has 20 heavy (non-hydrogen) atoms. The number of anilines is 1. The lowest BCUT2D eigenvalue weighted by Gasteiger charge is -2.07. The Morgan fingerprint density at radius 2 is 2.15 bits per heavy atom. The number of nitrogen functional groups attached to an aromatic ring is 1. The Labute approximate surface area is 126 Å². The number of hydrogen-bond donors (Lipinski definition) is 1. The minimum atomic E-state index is -0.372. The summed E-state index contributed by atoms with van der Waals surface area (Å²) in [6.07, 6.45) is 0. The number of fused-ring (bicyclic) bond motifs is 1. The van der Waals surface area contributed by atoms with Gasteiger partial charge in [0.1, 0.15) is 28.8 Å². The third kappa shape index (κ3) is 2.73. The predicted molar refractivity (Wildman–Crippen MR) is 80.3 cm³/mol. The van der Waals surface area contributed by atoms with E-state index in [2.05, 4.69) is 25.9 Å². The fourth-order valence-electron chi connectivity index (χ4n) is 1.75. The zero-order valence-corrected chi connectivity index (χ0v) is 12.5. The van der Waals surface area contributed by atoms with Crippen LogP contribution < -0.4 is 10.5 Å². The van der Waals surface area contributed by atoms with E-state index in [0.717, 1.165) is 10.2 Å². The maximum Gasteiger partial charge on any atom is 0.169 e. The molecular formula is C13H9BrFN3OS. The highest BCUT2D eigenvalue weighted by molar-refractivity contribution is 9.10. The number of benzene rings is 1. The van der Waals surface area contributed by atoms with E-state index in [1.54, 1.807) is 6.07 Å². The summed E-state index contributed by atoms with van der Waals surface area (Å²) in [5, 5.41) is 2.75. The van der Waals surface area contributed by atoms with E-state index in [1.807, 2.05) is 11.4 Å². The summed E-state index contributed by atoms with van der Waals surface area (Å²) in [5.41, 5.74) is 5.85. The molecule has 3 rings (SSSR count). The van der Waals surface area contributed by atoms with Crippen LogP contribution in [0.15, 0.2) is 34.1 Å². The highest BCUT2D eigenvalue weighted by atomic mass is 79.9. The largest absolute Gasteiger partial charge is 0.485 e. The van der Waals surface area contributed by atoms with Gasteiger partial charge in [-0.05, 0) is 23.6 Å². The first kappa shape index (κ1) is 13.3. The first-order valence-corrected chi connectivity index (χ1v) is 7.37. The lowest BCUT2D eigenvalue weighted by molar-refractivity contribution is 0.295. The molecule has 2 heterocycles. The highest BCUT2D eigenvalue weighted by Crippen LogP contribution is 2.24. The predicted octanol–water partition coefficient (Wildman–Crippen LogP) is 3.75. The van der Waals surface area contributed by atoms with Crippen LogP contribution in [0.1, 0.15) is 5.82 Å². The summed E-state index contributed by atoms with van der Waals surface area (Å²) in [5.74, 6) is 0.932. The molecule has 0 aliphatic carbocycles. The number of aromatic nitrogens is 2. The van der Waals surface area contributed by atoms with Gasteiger partial charge in [-0.3, -0.25) is 0 Å². The van der Waals surface area contributed by atoms with Crippen LogP contribution in [0.4, 0.5) is 10.2 Å². The van der Waals surface area contributed by atoms with Crippen LogP contribution >= 0.6 is 27.3 Å². The van der Waals surface area contributed by atoms with Crippen molar-refractivity contribution in [2.75, 3.05) is 5.73 Å². The number of nitrogens with zero attached hydrogens (tertiary/aromatic N) is 2. The molecule has 0 aliphatic rings. The standard InChI is InChI=1S/C13H9BrFN3OS/c14-7-3-8(15)5-9(4-7)19-6-11-17-12(16)10-1-2-20-13(10)18-11/h1-5H,6H2,(H2,16,17,18). The summed E-state index contributed by atoms with van der Waals surface area (Å²) < 4.78 is 19.3. The van der Waals surface area contributed by atoms with Crippen LogP contribution in [0.3, 0.4) is 0 Å². The van der Waals surface area contributed by atoms with Crippen LogP contribution in [-0.4, -0.2) is 9.97 Å². The molecule has 0 bridgehead atoms. The summed E-state index contributed by atoms with van der Waals surface area (Å²) in [6.45, 7) is 0.133. The SMILES string of the molecule is Nc1nc(COc2cc(F)cc(Br)c2)nc2sccc12. The number of hydrogen-bond acceptors (Lipinski definition) is 5. The average molecular weight is 354 g/mol. The van der Waals surface area contributed by atoms with Crippen LogP contribution in [-0.2, 0) is 6.61 Å². The third-order valence-electron chi connectivity index (χ3n) is 2.60. The molecule has 7 heteroatoms. The number of halogens is 2. The lowest BCUT2D eigenvalue weighted by Crippen LogP contribution is -2.04. The molecule has 0 saturated carbocycles. The highest BCUT2D eigenvalue weighted by Gasteiger charge is 2.07. The van der Waals surface area contributed by atoms with Crippen molar-refractivity contribution < 1.29 is 9.13 Å². The number of nitrogens with two attached hydrogens (primary N) is 1. The smallest absolute Gasteiger partial charge is 0.169 e. The second-order valence-electron chi connectivity index (χ2n) is 4.06. The van der Waals surface area contributed by atoms with Gasteiger partial charge in [-0.15, -0.1) is 11.3 Å². The third-order valence-corrected chi connectivity index (χ3v) is 3.87. The van der Waals surface area contributed by atoms with Crippen molar-refractivity contribution in [1.82, 2.24) is 9.97 Å². The Morgan fingerprint density at radius 1 is 1.30 bits per heavy atom. The van der Waals surface area contributed by atoms with E-state index in [4.69, 9.17) is 10.5 Å². The van der Waals surface area contributed by atoms with Gasteiger partial charge in [-0.25, -0.2) is 14.4 Å². The first-order valence-electron chi connectivity index (χ1n) is 5.70. The van der Waals surface area contributed by atoms with E-state index in [-0.39, 0.29) is 12.4 Å². The van der Waals surface area contributed by atoms with Crippen molar-refractivity contribution in [3.8, 4) is 5.75 Å². The molecular weight excluding hydrogens is 345 g/mol. The zero-order chi connectivity index (χ0) is 14.1. The molecule has 0 saturated heterocycles. The fraction of sp³-hybridized carbons (Fsp3) is 0.0769. The Bertz CT molecular complexity index is 757. The van der Waals surface area contributed by atoms with E-state index < -0.39 is 0 Å². The lowest BCUT2D eigenvalue weighted by atomic mass is 10.3. The minimum Gasteiger partial charge on any atom is -0.485 e. The van der Waals surface area contributed by atoms with Crippen LogP contribution in [0, 0.1) is 5.82 Å². The van der Waals surface area contributed by atoms with Gasteiger partial charge >= 0.3 is 0 Å². The van der Waals surface area contributed by atoms with Crippen molar-refractivity contribution in [1.29, 1.82) is 0 Å². The van der Waals surface area contributed by atoms with E-state index in [9.17, 15) is 4.39 Å². The molecule has 0 amide bonds. The van der Waals surface area contributed by atoms with E-state index in [1.165, 1.54) is 23.5 Å². The molecule has 102 valence electrons. The normalized spacial score (nSPS) is 10.9. The molecule has 0 fully saturated rings. The average Bonchev–Trinajstić information content (AvgIpc) is 2.84. The van der Waals surface area contributed by atoms with Crippen LogP contribution in [0.5, 0.6) is 5.75 Å². The number of thiophene rings is 1. The van der Waals surface area contributed by atoms with Crippen molar-refractivity contribution in [2.45, 2.75) is 6.61 Å². The van der Waals surface area contributed by atoms with Gasteiger partial charge in [-0.2, -0.15) is 0 Å². The van der Waals surface area contributed by atoms with Gasteiger partial charge in [0.2, 0.25) is 0 Å². The fourth-order valence-corrected chi connectivity index (χ4v) is 2.98. The monoisotopic (exact) mass is 353 g/mol. The maximum absolute atomic E-state index is 13.2. The van der Waals surface area contributed by atoms with Gasteiger partial charge in [-0.1, -0.05) is 15.9 Å². The van der Waals surface area contributed by atoms with Gasteiger partial charge < -0.3 is 10.5 Å². The molecule has 1 aromatic carbocycles. The van der Waals surface area contributed by atoms with E-state index in [0.29, 0.717) is 21.9 Å². The number of ether oxygens (including phenoxy) is 1. The first-order chi connectivity index (χ1) is 9.61. The summed E-state index contributed by atoms with van der Waals surface area (Å²) >= 11 is 4.70.